The molecule has 0 fully saturated rings. The van der Waals surface area contributed by atoms with Crippen LogP contribution in [0.2, 0.25) is 0 Å². The maximum Gasteiger partial charge on any atom is 0.0936 e. The number of nitrogens with one attached hydrogen (secondary N) is 1. The van der Waals surface area contributed by atoms with Crippen molar-refractivity contribution in [2.75, 3.05) is 6.54 Å². The summed E-state index contributed by atoms with van der Waals surface area (Å²) in [6.07, 6.45) is 2.27. The minimum Gasteiger partial charge on any atom is -0.314 e. The van der Waals surface area contributed by atoms with Gasteiger partial charge in [0.2, 0.25) is 0 Å². The minimum atomic E-state index is 0.320. The van der Waals surface area contributed by atoms with Crippen LogP contribution >= 0.6 is 11.3 Å². The highest BCUT2D eigenvalue weighted by Crippen LogP contribution is 2.29. The summed E-state index contributed by atoms with van der Waals surface area (Å²) in [5.41, 5.74) is 1.52. The van der Waals surface area contributed by atoms with Crippen molar-refractivity contribution >= 4 is 11.3 Å². The van der Waals surface area contributed by atoms with Gasteiger partial charge < -0.3 is 5.32 Å². The topological polar surface area (TPSA) is 24.9 Å². The molecule has 1 aromatic rings. The number of hydrogen-bond donors (Lipinski definition) is 1. The molecule has 98 valence electrons. The molecule has 0 saturated heterocycles. The molecule has 17 heavy (non-hydrogen) atoms. The van der Waals surface area contributed by atoms with Crippen LogP contribution in [0, 0.1) is 19.3 Å². The maximum absolute atomic E-state index is 4.66. The fraction of sp³-hybridized carbons (Fsp3) is 0.786. The predicted octanol–water partition coefficient (Wildman–Crippen LogP) is 3.72. The summed E-state index contributed by atoms with van der Waals surface area (Å²) in [7, 11) is 0. The van der Waals surface area contributed by atoms with E-state index in [2.05, 4.69) is 51.8 Å². The first-order chi connectivity index (χ1) is 7.86. The zero-order chi connectivity index (χ0) is 13.1. The lowest BCUT2D eigenvalue weighted by atomic mass is 9.84. The molecule has 0 aliphatic heterocycles. The van der Waals surface area contributed by atoms with E-state index in [0.29, 0.717) is 11.5 Å². The van der Waals surface area contributed by atoms with Crippen molar-refractivity contribution < 1.29 is 0 Å². The monoisotopic (exact) mass is 254 g/mol. The Kier molecular flexibility index (Phi) is 5.14. The Morgan fingerprint density at radius 1 is 1.35 bits per heavy atom. The van der Waals surface area contributed by atoms with Gasteiger partial charge in [-0.05, 0) is 25.7 Å². The first kappa shape index (κ1) is 14.7. The fourth-order valence-corrected chi connectivity index (χ4v) is 2.89. The van der Waals surface area contributed by atoms with E-state index >= 15 is 0 Å². The molecule has 1 rings (SSSR count). The van der Waals surface area contributed by atoms with E-state index in [9.17, 15) is 0 Å². The summed E-state index contributed by atoms with van der Waals surface area (Å²) in [6.45, 7) is 14.4. The molecule has 1 unspecified atom stereocenters. The Morgan fingerprint density at radius 3 is 2.41 bits per heavy atom. The third kappa shape index (κ3) is 4.40. The van der Waals surface area contributed by atoms with Crippen molar-refractivity contribution in [1.29, 1.82) is 0 Å². The van der Waals surface area contributed by atoms with Gasteiger partial charge in [-0.25, -0.2) is 4.98 Å². The number of thiazole rings is 1. The summed E-state index contributed by atoms with van der Waals surface area (Å²) in [5.74, 6) is 0. The molecule has 0 saturated carbocycles. The lowest BCUT2D eigenvalue weighted by Crippen LogP contribution is -2.36. The standard InChI is InChI=1S/C14H26N2S/c1-7-14(6,9-15-10(2)3)8-13-16-11(4)12(5)17-13/h10,15H,7-9H2,1-6H3. The second-order valence-corrected chi connectivity index (χ2v) is 6.91. The molecule has 0 radical (unpaired) electrons. The van der Waals surface area contributed by atoms with Gasteiger partial charge in [-0.3, -0.25) is 0 Å². The Bertz CT molecular complexity index is 338. The third-order valence-electron chi connectivity index (χ3n) is 3.44. The van der Waals surface area contributed by atoms with E-state index in [1.807, 2.05) is 11.3 Å². The predicted molar refractivity (Wildman–Crippen MR) is 76.8 cm³/mol. The number of aryl methyl sites for hydroxylation is 2. The Hall–Kier alpha value is -0.410. The second-order valence-electron chi connectivity index (χ2n) is 5.63. The molecule has 1 heterocycles. The number of rotatable bonds is 6. The summed E-state index contributed by atoms with van der Waals surface area (Å²) >= 11 is 1.85. The van der Waals surface area contributed by atoms with E-state index in [-0.39, 0.29) is 0 Å². The number of nitrogens with zero attached hydrogens (tertiary/aromatic N) is 1. The summed E-state index contributed by atoms with van der Waals surface area (Å²) in [4.78, 5) is 6.02. The average molecular weight is 254 g/mol. The highest BCUT2D eigenvalue weighted by atomic mass is 32.1. The Balaban J connectivity index is 2.67. The fourth-order valence-electron chi connectivity index (χ4n) is 1.74. The lowest BCUT2D eigenvalue weighted by molar-refractivity contribution is 0.281. The molecule has 3 heteroatoms. The quantitative estimate of drug-likeness (QED) is 0.837. The van der Waals surface area contributed by atoms with Gasteiger partial charge >= 0.3 is 0 Å². The van der Waals surface area contributed by atoms with Crippen molar-refractivity contribution in [1.82, 2.24) is 10.3 Å². The first-order valence-electron chi connectivity index (χ1n) is 6.52. The Labute approximate surface area is 110 Å². The van der Waals surface area contributed by atoms with Crippen LogP contribution in [0.3, 0.4) is 0 Å². The number of aromatic nitrogens is 1. The first-order valence-corrected chi connectivity index (χ1v) is 7.34. The average Bonchev–Trinajstić information content (AvgIpc) is 2.55. The van der Waals surface area contributed by atoms with Crippen LogP contribution in [0.5, 0.6) is 0 Å². The van der Waals surface area contributed by atoms with Crippen molar-refractivity contribution in [3.63, 3.8) is 0 Å². The van der Waals surface area contributed by atoms with Gasteiger partial charge in [-0.15, -0.1) is 11.3 Å². The van der Waals surface area contributed by atoms with Crippen LogP contribution in [0.25, 0.3) is 0 Å². The molecular weight excluding hydrogens is 228 g/mol. The molecule has 1 atom stereocenters. The van der Waals surface area contributed by atoms with Crippen LogP contribution in [0.4, 0.5) is 0 Å². The van der Waals surface area contributed by atoms with E-state index < -0.39 is 0 Å². The minimum absolute atomic E-state index is 0.320. The van der Waals surface area contributed by atoms with Gasteiger partial charge in [0.15, 0.2) is 0 Å². The van der Waals surface area contributed by atoms with Crippen molar-refractivity contribution in [2.24, 2.45) is 5.41 Å². The van der Waals surface area contributed by atoms with Gasteiger partial charge in [-0.2, -0.15) is 0 Å². The van der Waals surface area contributed by atoms with Gasteiger partial charge in [0.25, 0.3) is 0 Å². The molecule has 0 bridgehead atoms. The highest BCUT2D eigenvalue weighted by Gasteiger charge is 2.24. The van der Waals surface area contributed by atoms with E-state index in [1.165, 1.54) is 22.0 Å². The van der Waals surface area contributed by atoms with Gasteiger partial charge in [0.1, 0.15) is 0 Å². The van der Waals surface area contributed by atoms with Gasteiger partial charge in [0, 0.05) is 23.9 Å². The van der Waals surface area contributed by atoms with Crippen LogP contribution in [0.15, 0.2) is 0 Å². The summed E-state index contributed by atoms with van der Waals surface area (Å²) < 4.78 is 0. The molecule has 0 amide bonds. The molecule has 1 N–H and O–H groups in total. The normalized spacial score (nSPS) is 15.2. The molecular formula is C14H26N2S. The zero-order valence-corrected chi connectivity index (χ0v) is 12.9. The molecule has 0 aliphatic rings. The number of hydrogen-bond acceptors (Lipinski definition) is 3. The molecule has 2 nitrogen and oxygen atoms in total. The maximum atomic E-state index is 4.66. The van der Waals surface area contributed by atoms with Gasteiger partial charge in [0.05, 0.1) is 10.7 Å². The van der Waals surface area contributed by atoms with Crippen molar-refractivity contribution in [2.45, 2.75) is 60.4 Å². The smallest absolute Gasteiger partial charge is 0.0936 e. The zero-order valence-electron chi connectivity index (χ0n) is 12.1. The summed E-state index contributed by atoms with van der Waals surface area (Å²) in [6, 6.07) is 0.556. The van der Waals surface area contributed by atoms with E-state index in [4.69, 9.17) is 0 Å². The third-order valence-corrected chi connectivity index (χ3v) is 4.51. The van der Waals surface area contributed by atoms with Crippen LogP contribution < -0.4 is 5.32 Å². The van der Waals surface area contributed by atoms with Crippen LogP contribution in [-0.2, 0) is 6.42 Å². The highest BCUT2D eigenvalue weighted by molar-refractivity contribution is 7.11. The second kappa shape index (κ2) is 5.96. The van der Waals surface area contributed by atoms with Crippen LogP contribution in [0.1, 0.15) is 49.7 Å². The molecule has 0 aromatic carbocycles. The lowest BCUT2D eigenvalue weighted by Gasteiger charge is -2.28. The van der Waals surface area contributed by atoms with Crippen molar-refractivity contribution in [3.05, 3.63) is 15.6 Å². The molecule has 1 aromatic heterocycles. The summed E-state index contributed by atoms with van der Waals surface area (Å²) in [5, 5.41) is 4.84. The van der Waals surface area contributed by atoms with Crippen LogP contribution in [-0.4, -0.2) is 17.6 Å². The van der Waals surface area contributed by atoms with E-state index in [1.54, 1.807) is 0 Å². The van der Waals surface area contributed by atoms with Crippen molar-refractivity contribution in [3.8, 4) is 0 Å². The SMILES string of the molecule is CCC(C)(CNC(C)C)Cc1nc(C)c(C)s1. The largest absolute Gasteiger partial charge is 0.314 e. The van der Waals surface area contributed by atoms with E-state index in [0.717, 1.165) is 13.0 Å². The molecule has 0 aliphatic carbocycles. The molecule has 0 spiro atoms. The van der Waals surface area contributed by atoms with Gasteiger partial charge in [-0.1, -0.05) is 27.7 Å². The Morgan fingerprint density at radius 2 is 2.00 bits per heavy atom.